The average Bonchev–Trinajstić information content (AvgIpc) is 2.62. The fourth-order valence-electron chi connectivity index (χ4n) is 3.67. The van der Waals surface area contributed by atoms with E-state index in [2.05, 4.69) is 24.8 Å². The van der Waals surface area contributed by atoms with Gasteiger partial charge < -0.3 is 4.74 Å². The Morgan fingerprint density at radius 3 is 2.43 bits per heavy atom. The zero-order valence-electron chi connectivity index (χ0n) is 17.0. The topological polar surface area (TPSA) is 12.5 Å². The van der Waals surface area contributed by atoms with Crippen LogP contribution in [-0.4, -0.2) is 46.3 Å². The molecule has 0 aromatic heterocycles. The maximum atomic E-state index is 13.0. The highest BCUT2D eigenvalue weighted by Crippen LogP contribution is 2.27. The fraction of sp³-hybridized carbons (Fsp3) is 0.636. The van der Waals surface area contributed by atoms with Gasteiger partial charge in [-0.2, -0.15) is 13.2 Å². The normalized spacial score (nSPS) is 21.5. The quantitative estimate of drug-likeness (QED) is 0.303. The minimum absolute atomic E-state index is 0.164. The molecule has 1 saturated heterocycles. The first-order valence-electron chi connectivity index (χ1n) is 10.3. The van der Waals surface area contributed by atoms with E-state index < -0.39 is 11.7 Å². The van der Waals surface area contributed by atoms with Crippen molar-refractivity contribution >= 4 is 14.7 Å². The smallest absolute Gasteiger partial charge is 0.373 e. The molecule has 1 aromatic rings. The molecule has 2 unspecified atom stereocenters. The monoisotopic (exact) mass is 411 g/mol. The van der Waals surface area contributed by atoms with E-state index >= 15 is 0 Å². The minimum Gasteiger partial charge on any atom is -0.373 e. The van der Waals surface area contributed by atoms with Gasteiger partial charge in [-0.05, 0) is 45.7 Å². The van der Waals surface area contributed by atoms with Gasteiger partial charge in [-0.25, -0.2) is 0 Å². The first kappa shape index (κ1) is 23.2. The number of allylic oxidation sites excluding steroid dienone is 2. The second-order valence-corrected chi connectivity index (χ2v) is 8.92. The minimum atomic E-state index is -4.26. The summed E-state index contributed by atoms with van der Waals surface area (Å²) in [5.74, 6) is 0. The molecule has 1 fully saturated rings. The van der Waals surface area contributed by atoms with Crippen LogP contribution >= 0.6 is 0 Å². The third-order valence-electron chi connectivity index (χ3n) is 4.90. The van der Waals surface area contributed by atoms with Gasteiger partial charge in [0.2, 0.25) is 0 Å². The van der Waals surface area contributed by atoms with Crippen molar-refractivity contribution in [3.05, 3.63) is 42.0 Å². The van der Waals surface area contributed by atoms with Crippen LogP contribution in [0.25, 0.3) is 0 Å². The second kappa shape index (κ2) is 11.8. The SMILES string of the molecule is CC1CN(CCCCCCC=CC[Si]c2ccccc2C(F)(F)F)CC(C)O1. The zero-order valence-corrected chi connectivity index (χ0v) is 18.0. The van der Waals surface area contributed by atoms with E-state index in [1.54, 1.807) is 12.1 Å². The van der Waals surface area contributed by atoms with Gasteiger partial charge in [0.25, 0.3) is 0 Å². The summed E-state index contributed by atoms with van der Waals surface area (Å²) in [6.07, 6.45) is 6.37. The van der Waals surface area contributed by atoms with E-state index in [-0.39, 0.29) is 9.52 Å². The van der Waals surface area contributed by atoms with Crippen molar-refractivity contribution in [2.75, 3.05) is 19.6 Å². The summed E-state index contributed by atoms with van der Waals surface area (Å²) in [5.41, 5.74) is -0.495. The van der Waals surface area contributed by atoms with Crippen LogP contribution < -0.4 is 5.19 Å². The number of hydrogen-bond acceptors (Lipinski definition) is 2. The van der Waals surface area contributed by atoms with Gasteiger partial charge in [-0.3, -0.25) is 4.90 Å². The van der Waals surface area contributed by atoms with Crippen molar-refractivity contribution in [3.63, 3.8) is 0 Å². The summed E-state index contributed by atoms with van der Waals surface area (Å²) in [4.78, 5) is 2.50. The van der Waals surface area contributed by atoms with Crippen LogP contribution in [0.3, 0.4) is 0 Å². The van der Waals surface area contributed by atoms with E-state index in [1.807, 2.05) is 6.08 Å². The van der Waals surface area contributed by atoms with Crippen molar-refractivity contribution in [1.82, 2.24) is 4.90 Å². The molecule has 0 N–H and O–H groups in total. The maximum absolute atomic E-state index is 13.0. The fourth-order valence-corrected chi connectivity index (χ4v) is 4.81. The van der Waals surface area contributed by atoms with Gasteiger partial charge in [0.15, 0.2) is 0 Å². The maximum Gasteiger partial charge on any atom is 0.416 e. The van der Waals surface area contributed by atoms with Gasteiger partial charge in [0, 0.05) is 13.1 Å². The van der Waals surface area contributed by atoms with Crippen molar-refractivity contribution in [1.29, 1.82) is 0 Å². The number of alkyl halides is 3. The molecule has 1 aromatic carbocycles. The molecule has 0 bridgehead atoms. The van der Waals surface area contributed by atoms with E-state index in [4.69, 9.17) is 4.74 Å². The number of hydrogen-bond donors (Lipinski definition) is 0. The molecule has 2 radical (unpaired) electrons. The van der Waals surface area contributed by atoms with Gasteiger partial charge >= 0.3 is 6.18 Å². The van der Waals surface area contributed by atoms with Crippen molar-refractivity contribution in [2.24, 2.45) is 0 Å². The van der Waals surface area contributed by atoms with E-state index in [9.17, 15) is 13.2 Å². The molecule has 2 atom stereocenters. The predicted octanol–water partition coefficient (Wildman–Crippen LogP) is 5.07. The van der Waals surface area contributed by atoms with Crippen LogP contribution in [0.4, 0.5) is 13.2 Å². The van der Waals surface area contributed by atoms with Crippen molar-refractivity contribution in [2.45, 2.75) is 70.4 Å². The number of morpholine rings is 1. The third-order valence-corrected chi connectivity index (χ3v) is 6.16. The molecule has 6 heteroatoms. The van der Waals surface area contributed by atoms with E-state index in [1.165, 1.54) is 31.4 Å². The lowest BCUT2D eigenvalue weighted by Gasteiger charge is -2.35. The van der Waals surface area contributed by atoms with Gasteiger partial charge in [0.05, 0.1) is 27.3 Å². The number of benzene rings is 1. The summed E-state index contributed by atoms with van der Waals surface area (Å²) in [7, 11) is 0.164. The van der Waals surface area contributed by atoms with Crippen molar-refractivity contribution in [3.8, 4) is 0 Å². The lowest BCUT2D eigenvalue weighted by molar-refractivity contribution is -0.136. The van der Waals surface area contributed by atoms with Crippen LogP contribution in [-0.2, 0) is 10.9 Å². The van der Waals surface area contributed by atoms with E-state index in [0.29, 0.717) is 23.4 Å². The van der Waals surface area contributed by atoms with Gasteiger partial charge in [0.1, 0.15) is 0 Å². The molecule has 156 valence electrons. The summed E-state index contributed by atoms with van der Waals surface area (Å²) < 4.78 is 44.6. The first-order valence-corrected chi connectivity index (χ1v) is 11.5. The number of halogens is 3. The molecular weight excluding hydrogens is 379 g/mol. The Balaban J connectivity index is 1.53. The lowest BCUT2D eigenvalue weighted by atomic mass is 10.1. The van der Waals surface area contributed by atoms with Crippen LogP contribution in [0.2, 0.25) is 6.04 Å². The molecule has 0 aliphatic carbocycles. The molecule has 28 heavy (non-hydrogen) atoms. The highest BCUT2D eigenvalue weighted by molar-refractivity contribution is 6.54. The number of unbranched alkanes of at least 4 members (excludes halogenated alkanes) is 4. The van der Waals surface area contributed by atoms with Crippen LogP contribution in [0.5, 0.6) is 0 Å². The zero-order chi connectivity index (χ0) is 20.4. The standard InChI is InChI=1S/C22H32F3NOSi/c1-18-16-26(17-19(2)27-18)14-10-6-4-3-5-7-11-15-28-21-13-9-8-12-20(21)22(23,24)25/h7-9,11-13,18-19H,3-6,10,14-17H2,1-2H3. The Morgan fingerprint density at radius 2 is 1.71 bits per heavy atom. The molecular formula is C22H32F3NOSi. The molecule has 1 aliphatic rings. The summed E-state index contributed by atoms with van der Waals surface area (Å²) in [6.45, 7) is 7.48. The Hall–Kier alpha value is -1.11. The molecule has 1 aliphatic heterocycles. The molecule has 2 nitrogen and oxygen atoms in total. The lowest BCUT2D eigenvalue weighted by Crippen LogP contribution is -2.45. The first-order chi connectivity index (χ1) is 13.4. The third kappa shape index (κ3) is 8.49. The molecule has 0 saturated carbocycles. The molecule has 0 amide bonds. The Bertz CT molecular complexity index is 596. The number of ether oxygens (including phenoxy) is 1. The number of rotatable bonds is 10. The predicted molar refractivity (Wildman–Crippen MR) is 110 cm³/mol. The van der Waals surface area contributed by atoms with Crippen molar-refractivity contribution < 1.29 is 17.9 Å². The summed E-state index contributed by atoms with van der Waals surface area (Å²) >= 11 is 0. The largest absolute Gasteiger partial charge is 0.416 e. The Labute approximate surface area is 170 Å². The number of nitrogens with zero attached hydrogens (tertiary/aromatic N) is 1. The van der Waals surface area contributed by atoms with Gasteiger partial charge in [-0.15, -0.1) is 0 Å². The summed E-state index contributed by atoms with van der Waals surface area (Å²) in [6, 6.07) is 6.57. The highest BCUT2D eigenvalue weighted by atomic mass is 28.2. The Morgan fingerprint density at radius 1 is 1.04 bits per heavy atom. The van der Waals surface area contributed by atoms with Crippen LogP contribution in [0.15, 0.2) is 36.4 Å². The Kier molecular flexibility index (Phi) is 9.75. The van der Waals surface area contributed by atoms with Crippen LogP contribution in [0.1, 0.15) is 51.5 Å². The van der Waals surface area contributed by atoms with Gasteiger partial charge in [-0.1, -0.05) is 54.4 Å². The molecule has 0 spiro atoms. The molecule has 2 rings (SSSR count). The second-order valence-electron chi connectivity index (χ2n) is 7.62. The van der Waals surface area contributed by atoms with E-state index in [0.717, 1.165) is 32.5 Å². The molecule has 1 heterocycles. The average molecular weight is 412 g/mol. The van der Waals surface area contributed by atoms with Crippen LogP contribution in [0, 0.1) is 0 Å². The highest BCUT2D eigenvalue weighted by Gasteiger charge is 2.32. The summed E-state index contributed by atoms with van der Waals surface area (Å²) in [5, 5.41) is 0.409.